The molecular weight excluding hydrogens is 408 g/mol. The van der Waals surface area contributed by atoms with E-state index in [1.165, 1.54) is 11.1 Å². The van der Waals surface area contributed by atoms with Gasteiger partial charge in [-0.1, -0.05) is 47.1 Å². The molecule has 5 rings (SSSR count). The third-order valence-electron chi connectivity index (χ3n) is 5.77. The molecule has 1 aliphatic rings. The number of fused-ring (bicyclic) bond motifs is 1. The van der Waals surface area contributed by atoms with Crippen LogP contribution >= 0.6 is 11.6 Å². The van der Waals surface area contributed by atoms with Crippen molar-refractivity contribution < 1.29 is 4.52 Å². The van der Waals surface area contributed by atoms with Crippen molar-refractivity contribution in [3.8, 4) is 11.3 Å². The lowest BCUT2D eigenvalue weighted by Crippen LogP contribution is -2.32. The molecule has 0 radical (unpaired) electrons. The summed E-state index contributed by atoms with van der Waals surface area (Å²) >= 11 is 6.06. The summed E-state index contributed by atoms with van der Waals surface area (Å²) in [6, 6.07) is 18.2. The number of aromatic nitrogens is 3. The third-order valence-corrected chi connectivity index (χ3v) is 6.02. The number of hydrogen-bond donors (Lipinski definition) is 0. The number of nitrogens with zero attached hydrogens (tertiary/aromatic N) is 4. The number of hydrogen-bond acceptors (Lipinski definition) is 5. The summed E-state index contributed by atoms with van der Waals surface area (Å²) in [6.45, 7) is 5.58. The van der Waals surface area contributed by atoms with Crippen molar-refractivity contribution in [2.45, 2.75) is 33.2 Å². The first-order valence-electron chi connectivity index (χ1n) is 10.4. The lowest BCUT2D eigenvalue weighted by Gasteiger charge is -2.30. The van der Waals surface area contributed by atoms with Gasteiger partial charge >= 0.3 is 0 Å². The molecule has 3 heterocycles. The normalized spacial score (nSPS) is 13.3. The van der Waals surface area contributed by atoms with Gasteiger partial charge in [0.2, 0.25) is 0 Å². The van der Waals surface area contributed by atoms with Crippen LogP contribution in [0.25, 0.3) is 11.3 Å². The SMILES string of the molecule is Cc1nc(C)c(Cc2ccccc2)c(N2CCc3noc(-c4ccc(Cl)cc4)c3C2)n1. The van der Waals surface area contributed by atoms with Gasteiger partial charge in [0.1, 0.15) is 11.6 Å². The fourth-order valence-corrected chi connectivity index (χ4v) is 4.33. The third kappa shape index (κ3) is 3.93. The van der Waals surface area contributed by atoms with Gasteiger partial charge in [-0.05, 0) is 43.7 Å². The summed E-state index contributed by atoms with van der Waals surface area (Å²) in [5, 5.41) is 5.05. The van der Waals surface area contributed by atoms with E-state index in [1.807, 2.05) is 37.3 Å². The average molecular weight is 431 g/mol. The predicted molar refractivity (Wildman–Crippen MR) is 122 cm³/mol. The Kier molecular flexibility index (Phi) is 5.20. The smallest absolute Gasteiger partial charge is 0.172 e. The van der Waals surface area contributed by atoms with Crippen LogP contribution in [0.3, 0.4) is 0 Å². The molecule has 0 fully saturated rings. The van der Waals surface area contributed by atoms with Crippen LogP contribution in [0, 0.1) is 13.8 Å². The zero-order valence-corrected chi connectivity index (χ0v) is 18.4. The molecule has 0 atom stereocenters. The Hall–Kier alpha value is -3.18. The van der Waals surface area contributed by atoms with Gasteiger partial charge in [0.25, 0.3) is 0 Å². The Labute approximate surface area is 186 Å². The Morgan fingerprint density at radius 3 is 2.55 bits per heavy atom. The van der Waals surface area contributed by atoms with Gasteiger partial charge in [0.05, 0.1) is 12.2 Å². The van der Waals surface area contributed by atoms with Gasteiger partial charge in [0.15, 0.2) is 5.76 Å². The molecule has 0 amide bonds. The molecule has 2 aromatic carbocycles. The molecule has 6 heteroatoms. The van der Waals surface area contributed by atoms with Crippen molar-refractivity contribution in [1.82, 2.24) is 15.1 Å². The van der Waals surface area contributed by atoms with E-state index in [0.717, 1.165) is 59.3 Å². The van der Waals surface area contributed by atoms with Crippen LogP contribution in [-0.4, -0.2) is 21.7 Å². The monoisotopic (exact) mass is 430 g/mol. The first kappa shape index (κ1) is 19.8. The van der Waals surface area contributed by atoms with Gasteiger partial charge in [-0.3, -0.25) is 0 Å². The number of rotatable bonds is 4. The quantitative estimate of drug-likeness (QED) is 0.424. The molecule has 0 N–H and O–H groups in total. The van der Waals surface area contributed by atoms with Crippen LogP contribution in [0.4, 0.5) is 5.82 Å². The Morgan fingerprint density at radius 1 is 1.00 bits per heavy atom. The Bertz CT molecular complexity index is 1220. The van der Waals surface area contributed by atoms with Crippen LogP contribution in [0.15, 0.2) is 59.1 Å². The van der Waals surface area contributed by atoms with E-state index in [4.69, 9.17) is 21.1 Å². The fourth-order valence-electron chi connectivity index (χ4n) is 4.21. The molecule has 0 saturated heterocycles. The highest BCUT2D eigenvalue weighted by molar-refractivity contribution is 6.30. The van der Waals surface area contributed by atoms with Crippen LogP contribution < -0.4 is 4.90 Å². The second-order valence-corrected chi connectivity index (χ2v) is 8.37. The van der Waals surface area contributed by atoms with Gasteiger partial charge < -0.3 is 9.42 Å². The number of aryl methyl sites for hydroxylation is 2. The first-order chi connectivity index (χ1) is 15.1. The lowest BCUT2D eigenvalue weighted by atomic mass is 9.99. The summed E-state index contributed by atoms with van der Waals surface area (Å²) in [4.78, 5) is 11.9. The van der Waals surface area contributed by atoms with Crippen LogP contribution in [0.1, 0.15) is 33.9 Å². The van der Waals surface area contributed by atoms with Crippen LogP contribution in [0.2, 0.25) is 5.02 Å². The standard InChI is InChI=1S/C25H23ClN4O/c1-16-21(14-18-6-4-3-5-7-18)25(28-17(2)27-16)30-13-12-23-22(15-30)24(31-29-23)19-8-10-20(26)11-9-19/h3-11H,12-15H2,1-2H3. The zero-order valence-electron chi connectivity index (χ0n) is 17.6. The zero-order chi connectivity index (χ0) is 21.4. The second kappa shape index (κ2) is 8.16. The minimum absolute atomic E-state index is 0.703. The highest BCUT2D eigenvalue weighted by atomic mass is 35.5. The highest BCUT2D eigenvalue weighted by Gasteiger charge is 2.27. The molecule has 5 nitrogen and oxygen atoms in total. The molecule has 0 spiro atoms. The van der Waals surface area contributed by atoms with Crippen molar-refractivity contribution >= 4 is 17.4 Å². The van der Waals surface area contributed by atoms with Crippen molar-refractivity contribution in [2.75, 3.05) is 11.4 Å². The maximum Gasteiger partial charge on any atom is 0.172 e. The maximum atomic E-state index is 6.06. The van der Waals surface area contributed by atoms with Gasteiger partial charge in [0, 0.05) is 46.8 Å². The fraction of sp³-hybridized carbons (Fsp3) is 0.240. The highest BCUT2D eigenvalue weighted by Crippen LogP contribution is 2.34. The molecule has 4 aromatic rings. The molecule has 0 unspecified atom stereocenters. The van der Waals surface area contributed by atoms with Crippen molar-refractivity contribution in [1.29, 1.82) is 0 Å². The van der Waals surface area contributed by atoms with E-state index in [9.17, 15) is 0 Å². The van der Waals surface area contributed by atoms with E-state index in [-0.39, 0.29) is 0 Å². The molecule has 156 valence electrons. The topological polar surface area (TPSA) is 55.1 Å². The summed E-state index contributed by atoms with van der Waals surface area (Å²) in [5.74, 6) is 2.60. The molecule has 0 aliphatic carbocycles. The minimum atomic E-state index is 0.703. The molecule has 31 heavy (non-hydrogen) atoms. The molecule has 1 aliphatic heterocycles. The molecule has 2 aromatic heterocycles. The first-order valence-corrected chi connectivity index (χ1v) is 10.8. The molecule has 0 saturated carbocycles. The minimum Gasteiger partial charge on any atom is -0.356 e. The van der Waals surface area contributed by atoms with Gasteiger partial charge in [-0.15, -0.1) is 0 Å². The Balaban J connectivity index is 1.52. The van der Waals surface area contributed by atoms with E-state index < -0.39 is 0 Å². The van der Waals surface area contributed by atoms with E-state index in [1.54, 1.807) is 0 Å². The van der Waals surface area contributed by atoms with E-state index >= 15 is 0 Å². The number of halogens is 1. The summed E-state index contributed by atoms with van der Waals surface area (Å²) in [6.07, 6.45) is 1.62. The van der Waals surface area contributed by atoms with E-state index in [0.29, 0.717) is 11.6 Å². The number of anilines is 1. The molecular formula is C25H23ClN4O. The van der Waals surface area contributed by atoms with Crippen molar-refractivity contribution in [2.24, 2.45) is 0 Å². The lowest BCUT2D eigenvalue weighted by molar-refractivity contribution is 0.424. The van der Waals surface area contributed by atoms with E-state index in [2.05, 4.69) is 46.2 Å². The molecule has 0 bridgehead atoms. The number of benzene rings is 2. The van der Waals surface area contributed by atoms with Crippen LogP contribution in [0.5, 0.6) is 0 Å². The van der Waals surface area contributed by atoms with Gasteiger partial charge in [-0.25, -0.2) is 9.97 Å². The van der Waals surface area contributed by atoms with Crippen LogP contribution in [-0.2, 0) is 19.4 Å². The average Bonchev–Trinajstić information content (AvgIpc) is 3.20. The van der Waals surface area contributed by atoms with Crippen molar-refractivity contribution in [3.63, 3.8) is 0 Å². The summed E-state index contributed by atoms with van der Waals surface area (Å²) in [7, 11) is 0. The summed E-state index contributed by atoms with van der Waals surface area (Å²) < 4.78 is 5.75. The largest absolute Gasteiger partial charge is 0.356 e. The van der Waals surface area contributed by atoms with Crippen molar-refractivity contribution in [3.05, 3.63) is 93.5 Å². The Morgan fingerprint density at radius 2 is 1.77 bits per heavy atom. The second-order valence-electron chi connectivity index (χ2n) is 7.94. The summed E-state index contributed by atoms with van der Waals surface area (Å²) in [5.41, 5.74) is 6.58. The predicted octanol–water partition coefficient (Wildman–Crippen LogP) is 5.56. The van der Waals surface area contributed by atoms with Gasteiger partial charge in [-0.2, -0.15) is 0 Å². The maximum absolute atomic E-state index is 6.06.